The predicted octanol–water partition coefficient (Wildman–Crippen LogP) is 4.09. The lowest BCUT2D eigenvalue weighted by atomic mass is 9.98. The zero-order valence-electron chi connectivity index (χ0n) is 15.8. The molecule has 30 heavy (non-hydrogen) atoms. The van der Waals surface area contributed by atoms with E-state index in [1.54, 1.807) is 12.1 Å². The van der Waals surface area contributed by atoms with Gasteiger partial charge in [0.1, 0.15) is 12.4 Å². The molecule has 0 radical (unpaired) electrons. The van der Waals surface area contributed by atoms with E-state index >= 15 is 0 Å². The van der Waals surface area contributed by atoms with E-state index in [0.29, 0.717) is 5.02 Å². The lowest BCUT2D eigenvalue weighted by molar-refractivity contribution is -0.122. The predicted molar refractivity (Wildman–Crippen MR) is 114 cm³/mol. The molecule has 1 atom stereocenters. The van der Waals surface area contributed by atoms with Gasteiger partial charge in [-0.05, 0) is 35.4 Å². The highest BCUT2D eigenvalue weighted by Gasteiger charge is 2.18. The zero-order valence-corrected chi connectivity index (χ0v) is 16.5. The third-order valence-corrected chi connectivity index (χ3v) is 4.99. The summed E-state index contributed by atoms with van der Waals surface area (Å²) in [5.41, 5.74) is 1.60. The van der Waals surface area contributed by atoms with Crippen molar-refractivity contribution in [1.29, 1.82) is 0 Å². The van der Waals surface area contributed by atoms with E-state index in [1.165, 1.54) is 29.1 Å². The number of fused-ring (bicyclic) bond motifs is 1. The molecule has 150 valence electrons. The summed E-state index contributed by atoms with van der Waals surface area (Å²) < 4.78 is 14.6. The van der Waals surface area contributed by atoms with Crippen molar-refractivity contribution in [2.24, 2.45) is 0 Å². The second-order valence-corrected chi connectivity index (χ2v) is 7.24. The van der Waals surface area contributed by atoms with E-state index in [4.69, 9.17) is 11.6 Å². The van der Waals surface area contributed by atoms with Gasteiger partial charge < -0.3 is 5.32 Å². The van der Waals surface area contributed by atoms with Gasteiger partial charge >= 0.3 is 0 Å². The fourth-order valence-corrected chi connectivity index (χ4v) is 3.39. The van der Waals surface area contributed by atoms with Gasteiger partial charge in [-0.3, -0.25) is 14.2 Å². The van der Waals surface area contributed by atoms with E-state index in [1.807, 2.05) is 42.5 Å². The molecule has 0 aliphatic heterocycles. The van der Waals surface area contributed by atoms with Gasteiger partial charge in [0.2, 0.25) is 5.91 Å². The number of rotatable bonds is 5. The lowest BCUT2D eigenvalue weighted by Gasteiger charge is -2.20. The molecule has 1 unspecified atom stereocenters. The Balaban J connectivity index is 1.61. The average molecular weight is 422 g/mol. The summed E-state index contributed by atoms with van der Waals surface area (Å²) in [7, 11) is 0. The number of carbonyl (C=O) groups excluding carboxylic acids is 1. The maximum atomic E-state index is 13.3. The van der Waals surface area contributed by atoms with Gasteiger partial charge in [0, 0.05) is 11.1 Å². The number of halogens is 2. The second kappa shape index (κ2) is 8.47. The van der Waals surface area contributed by atoms with Gasteiger partial charge in [-0.1, -0.05) is 54.1 Å². The highest BCUT2D eigenvalue weighted by Crippen LogP contribution is 2.23. The van der Waals surface area contributed by atoms with Crippen molar-refractivity contribution < 1.29 is 9.18 Å². The molecule has 0 spiro atoms. The first-order valence-electron chi connectivity index (χ1n) is 9.26. The van der Waals surface area contributed by atoms with E-state index < -0.39 is 17.4 Å². The number of hydrogen-bond acceptors (Lipinski definition) is 3. The van der Waals surface area contributed by atoms with Crippen molar-refractivity contribution in [3.8, 4) is 0 Å². The fourth-order valence-electron chi connectivity index (χ4n) is 3.27. The molecule has 3 aromatic carbocycles. The summed E-state index contributed by atoms with van der Waals surface area (Å²) in [5, 5.41) is 3.83. The Morgan fingerprint density at radius 2 is 1.73 bits per heavy atom. The standard InChI is InChI=1S/C23H17ClFN3O2/c24-17-8-6-16(7-9-17)22(15-4-2-1-3-5-15)27-21(29)13-28-14-26-20-12-18(25)10-11-19(20)23(28)30/h1-12,14,22H,13H2,(H,27,29). The molecule has 1 amide bonds. The molecule has 0 aliphatic rings. The van der Waals surface area contributed by atoms with Gasteiger partial charge in [0.25, 0.3) is 5.56 Å². The monoisotopic (exact) mass is 421 g/mol. The third-order valence-electron chi connectivity index (χ3n) is 4.74. The fraction of sp³-hybridized carbons (Fsp3) is 0.0870. The summed E-state index contributed by atoms with van der Waals surface area (Å²) in [6.07, 6.45) is 1.25. The highest BCUT2D eigenvalue weighted by molar-refractivity contribution is 6.30. The van der Waals surface area contributed by atoms with Gasteiger partial charge in [-0.25, -0.2) is 9.37 Å². The van der Waals surface area contributed by atoms with Crippen LogP contribution >= 0.6 is 11.6 Å². The molecule has 0 aliphatic carbocycles. The number of aromatic nitrogens is 2. The summed E-state index contributed by atoms with van der Waals surface area (Å²) >= 11 is 5.99. The van der Waals surface area contributed by atoms with Crippen LogP contribution < -0.4 is 10.9 Å². The summed E-state index contributed by atoms with van der Waals surface area (Å²) in [5.74, 6) is -0.831. The number of nitrogens with zero attached hydrogens (tertiary/aromatic N) is 2. The number of benzene rings is 3. The van der Waals surface area contributed by atoms with Crippen LogP contribution in [0.4, 0.5) is 4.39 Å². The Morgan fingerprint density at radius 3 is 2.47 bits per heavy atom. The smallest absolute Gasteiger partial charge is 0.261 e. The lowest BCUT2D eigenvalue weighted by Crippen LogP contribution is -2.35. The molecule has 0 saturated carbocycles. The Bertz CT molecular complexity index is 1260. The van der Waals surface area contributed by atoms with Crippen molar-refractivity contribution in [2.75, 3.05) is 0 Å². The van der Waals surface area contributed by atoms with Crippen LogP contribution in [-0.2, 0) is 11.3 Å². The quantitative estimate of drug-likeness (QED) is 0.527. The van der Waals surface area contributed by atoms with Crippen LogP contribution in [-0.4, -0.2) is 15.5 Å². The van der Waals surface area contributed by atoms with Crippen molar-refractivity contribution in [1.82, 2.24) is 14.9 Å². The third kappa shape index (κ3) is 4.23. The maximum Gasteiger partial charge on any atom is 0.261 e. The van der Waals surface area contributed by atoms with E-state index in [-0.39, 0.29) is 23.4 Å². The molecule has 0 saturated heterocycles. The molecule has 1 aromatic heterocycles. The van der Waals surface area contributed by atoms with Crippen LogP contribution in [0.15, 0.2) is 83.9 Å². The molecule has 0 bridgehead atoms. The van der Waals surface area contributed by atoms with Gasteiger partial charge in [0.05, 0.1) is 23.3 Å². The molecular formula is C23H17ClFN3O2. The maximum absolute atomic E-state index is 13.3. The molecule has 0 fully saturated rings. The van der Waals surface area contributed by atoms with Crippen LogP contribution in [0.2, 0.25) is 5.02 Å². The van der Waals surface area contributed by atoms with Crippen molar-refractivity contribution in [3.05, 3.63) is 111 Å². The highest BCUT2D eigenvalue weighted by atomic mass is 35.5. The van der Waals surface area contributed by atoms with Crippen molar-refractivity contribution >= 4 is 28.4 Å². The Hall–Kier alpha value is -3.51. The molecule has 1 N–H and O–H groups in total. The van der Waals surface area contributed by atoms with E-state index in [0.717, 1.165) is 11.1 Å². The van der Waals surface area contributed by atoms with Gasteiger partial charge in [0.15, 0.2) is 0 Å². The molecular weight excluding hydrogens is 405 g/mol. The SMILES string of the molecule is O=C(Cn1cnc2cc(F)ccc2c1=O)NC(c1ccccc1)c1ccc(Cl)cc1. The number of carbonyl (C=O) groups is 1. The molecule has 5 nitrogen and oxygen atoms in total. The normalized spacial score (nSPS) is 11.9. The molecule has 4 rings (SSSR count). The Labute approximate surface area is 176 Å². The Kier molecular flexibility index (Phi) is 5.59. The summed E-state index contributed by atoms with van der Waals surface area (Å²) in [4.78, 5) is 29.5. The minimum absolute atomic E-state index is 0.212. The van der Waals surface area contributed by atoms with E-state index in [9.17, 15) is 14.0 Å². The molecule has 7 heteroatoms. The summed E-state index contributed by atoms with van der Waals surface area (Å²) in [6, 6.07) is 20.1. The van der Waals surface area contributed by atoms with Crippen LogP contribution in [0.25, 0.3) is 10.9 Å². The first kappa shape index (κ1) is 19.8. The number of amides is 1. The van der Waals surface area contributed by atoms with Crippen LogP contribution in [0, 0.1) is 5.82 Å². The minimum atomic E-state index is -0.474. The topological polar surface area (TPSA) is 64.0 Å². The van der Waals surface area contributed by atoms with Gasteiger partial charge in [-0.2, -0.15) is 0 Å². The van der Waals surface area contributed by atoms with Crippen LogP contribution in [0.3, 0.4) is 0 Å². The first-order valence-corrected chi connectivity index (χ1v) is 9.63. The van der Waals surface area contributed by atoms with Crippen LogP contribution in [0.5, 0.6) is 0 Å². The van der Waals surface area contributed by atoms with Gasteiger partial charge in [-0.15, -0.1) is 0 Å². The largest absolute Gasteiger partial charge is 0.344 e. The number of nitrogens with one attached hydrogen (secondary N) is 1. The zero-order chi connectivity index (χ0) is 21.1. The summed E-state index contributed by atoms with van der Waals surface area (Å²) in [6.45, 7) is -0.212. The molecule has 1 heterocycles. The minimum Gasteiger partial charge on any atom is -0.344 e. The van der Waals surface area contributed by atoms with Crippen molar-refractivity contribution in [2.45, 2.75) is 12.6 Å². The number of hydrogen-bond donors (Lipinski definition) is 1. The van der Waals surface area contributed by atoms with Crippen LogP contribution in [0.1, 0.15) is 17.2 Å². The van der Waals surface area contributed by atoms with E-state index in [2.05, 4.69) is 10.3 Å². The first-order chi connectivity index (χ1) is 14.5. The Morgan fingerprint density at radius 1 is 1.03 bits per heavy atom. The molecule has 4 aromatic rings. The second-order valence-electron chi connectivity index (χ2n) is 6.80. The average Bonchev–Trinajstić information content (AvgIpc) is 2.75. The van der Waals surface area contributed by atoms with Crippen molar-refractivity contribution in [3.63, 3.8) is 0 Å².